The van der Waals surface area contributed by atoms with E-state index in [0.717, 1.165) is 43.3 Å². The summed E-state index contributed by atoms with van der Waals surface area (Å²) in [5.74, 6) is 0.877. The molecular formula is C24H27F2N5O2. The maximum atomic E-state index is 13.4. The number of nitrogens with zero attached hydrogens (tertiary/aromatic N) is 5. The minimum atomic E-state index is -2.86. The molecule has 1 aliphatic rings. The van der Waals surface area contributed by atoms with Crippen molar-refractivity contribution in [3.63, 3.8) is 0 Å². The second-order valence-electron chi connectivity index (χ2n) is 8.10. The highest BCUT2D eigenvalue weighted by molar-refractivity contribution is 6.01. The van der Waals surface area contributed by atoms with E-state index < -0.39 is 6.61 Å². The molecule has 0 amide bonds. The topological polar surface area (TPSA) is 63.5 Å². The molecule has 0 aliphatic carbocycles. The van der Waals surface area contributed by atoms with Gasteiger partial charge < -0.3 is 14.2 Å². The Morgan fingerprint density at radius 1 is 1.03 bits per heavy atom. The first kappa shape index (κ1) is 22.8. The number of rotatable bonds is 7. The fourth-order valence-electron chi connectivity index (χ4n) is 4.34. The molecule has 1 saturated heterocycles. The van der Waals surface area contributed by atoms with E-state index in [1.165, 1.54) is 12.1 Å². The molecule has 1 atom stereocenters. The molecule has 4 rings (SSSR count). The molecule has 3 heterocycles. The van der Waals surface area contributed by atoms with Gasteiger partial charge in [-0.15, -0.1) is 0 Å². The van der Waals surface area contributed by atoms with Crippen molar-refractivity contribution in [2.45, 2.75) is 33.4 Å². The number of hydrogen-bond acceptors (Lipinski definition) is 6. The van der Waals surface area contributed by atoms with Gasteiger partial charge in [0.1, 0.15) is 5.75 Å². The third-order valence-corrected chi connectivity index (χ3v) is 6.09. The molecule has 3 aromatic rings. The Morgan fingerprint density at radius 3 is 2.27 bits per heavy atom. The van der Waals surface area contributed by atoms with Gasteiger partial charge in [-0.3, -0.25) is 9.69 Å². The van der Waals surface area contributed by atoms with Gasteiger partial charge in [0.25, 0.3) is 0 Å². The van der Waals surface area contributed by atoms with Crippen molar-refractivity contribution < 1.29 is 18.3 Å². The van der Waals surface area contributed by atoms with Crippen LogP contribution in [0.2, 0.25) is 0 Å². The predicted molar refractivity (Wildman–Crippen MR) is 121 cm³/mol. The molecule has 0 unspecified atom stereocenters. The number of piperazine rings is 1. The molecular weight excluding hydrogens is 428 g/mol. The molecule has 0 bridgehead atoms. The van der Waals surface area contributed by atoms with Gasteiger partial charge in [-0.2, -0.15) is 8.78 Å². The molecule has 1 aliphatic heterocycles. The van der Waals surface area contributed by atoms with Crippen molar-refractivity contribution >= 4 is 11.7 Å². The van der Waals surface area contributed by atoms with Crippen molar-refractivity contribution in [1.82, 2.24) is 19.4 Å². The summed E-state index contributed by atoms with van der Waals surface area (Å²) in [4.78, 5) is 26.3. The van der Waals surface area contributed by atoms with Gasteiger partial charge in [0.2, 0.25) is 5.95 Å². The molecule has 174 valence electrons. The van der Waals surface area contributed by atoms with Crippen LogP contribution in [0.1, 0.15) is 28.7 Å². The van der Waals surface area contributed by atoms with Crippen LogP contribution in [0.5, 0.6) is 5.75 Å². The van der Waals surface area contributed by atoms with E-state index in [0.29, 0.717) is 11.5 Å². The number of halogens is 2. The van der Waals surface area contributed by atoms with E-state index in [-0.39, 0.29) is 17.6 Å². The van der Waals surface area contributed by atoms with Crippen LogP contribution in [0.25, 0.3) is 5.69 Å². The average Bonchev–Trinajstić information content (AvgIpc) is 3.12. The van der Waals surface area contributed by atoms with Crippen LogP contribution in [0.15, 0.2) is 48.8 Å². The summed E-state index contributed by atoms with van der Waals surface area (Å²) < 4.78 is 31.2. The number of anilines is 1. The molecule has 0 N–H and O–H groups in total. The number of ether oxygens (including phenoxy) is 1. The Bertz CT molecular complexity index is 1090. The van der Waals surface area contributed by atoms with Crippen molar-refractivity contribution in [3.8, 4) is 11.4 Å². The van der Waals surface area contributed by atoms with E-state index in [1.54, 1.807) is 30.6 Å². The number of carbonyl (C=O) groups is 1. The lowest BCUT2D eigenvalue weighted by molar-refractivity contribution is -0.0498. The maximum Gasteiger partial charge on any atom is 0.387 e. The number of aromatic nitrogens is 3. The van der Waals surface area contributed by atoms with Gasteiger partial charge in [0.15, 0.2) is 5.78 Å². The summed E-state index contributed by atoms with van der Waals surface area (Å²) in [5.41, 5.74) is 3.18. The number of benzene rings is 1. The zero-order valence-corrected chi connectivity index (χ0v) is 18.9. The number of hydrogen-bond donors (Lipinski definition) is 0. The van der Waals surface area contributed by atoms with Crippen LogP contribution < -0.4 is 9.64 Å². The van der Waals surface area contributed by atoms with E-state index in [4.69, 9.17) is 0 Å². The Hall–Kier alpha value is -3.33. The Morgan fingerprint density at radius 2 is 1.67 bits per heavy atom. The minimum Gasteiger partial charge on any atom is -0.435 e. The zero-order valence-electron chi connectivity index (χ0n) is 18.9. The highest BCUT2D eigenvalue weighted by Gasteiger charge is 2.29. The largest absolute Gasteiger partial charge is 0.435 e. The number of ketones is 1. The second kappa shape index (κ2) is 9.66. The van der Waals surface area contributed by atoms with Gasteiger partial charge >= 0.3 is 6.61 Å². The molecule has 7 nitrogen and oxygen atoms in total. The van der Waals surface area contributed by atoms with Gasteiger partial charge in [0.05, 0.1) is 6.04 Å². The lowest BCUT2D eigenvalue weighted by Crippen LogP contribution is -2.52. The zero-order chi connectivity index (χ0) is 23.5. The van der Waals surface area contributed by atoms with Crippen molar-refractivity contribution in [3.05, 3.63) is 65.7 Å². The Labute approximate surface area is 191 Å². The van der Waals surface area contributed by atoms with Crippen molar-refractivity contribution in [2.75, 3.05) is 31.1 Å². The predicted octanol–water partition coefficient (Wildman–Crippen LogP) is 3.88. The quantitative estimate of drug-likeness (QED) is 0.504. The lowest BCUT2D eigenvalue weighted by Gasteiger charge is -2.37. The van der Waals surface area contributed by atoms with Gasteiger partial charge in [0, 0.05) is 61.2 Å². The van der Waals surface area contributed by atoms with E-state index >= 15 is 0 Å². The third kappa shape index (κ3) is 4.88. The molecule has 33 heavy (non-hydrogen) atoms. The average molecular weight is 456 g/mol. The van der Waals surface area contributed by atoms with E-state index in [9.17, 15) is 13.6 Å². The van der Waals surface area contributed by atoms with Crippen molar-refractivity contribution in [2.24, 2.45) is 0 Å². The van der Waals surface area contributed by atoms with E-state index in [1.807, 2.05) is 31.4 Å². The molecule has 1 aromatic carbocycles. The fraction of sp³-hybridized carbons (Fsp3) is 0.375. The van der Waals surface area contributed by atoms with Gasteiger partial charge in [-0.25, -0.2) is 9.97 Å². The first-order valence-electron chi connectivity index (χ1n) is 10.9. The minimum absolute atomic E-state index is 0.0661. The normalized spacial score (nSPS) is 15.6. The Balaban J connectivity index is 1.46. The molecule has 0 radical (unpaired) electrons. The summed E-state index contributed by atoms with van der Waals surface area (Å²) in [7, 11) is 0. The molecule has 0 saturated carbocycles. The first-order valence-corrected chi connectivity index (χ1v) is 10.9. The summed E-state index contributed by atoms with van der Waals surface area (Å²) in [6.45, 7) is 5.92. The summed E-state index contributed by atoms with van der Waals surface area (Å²) >= 11 is 0. The molecule has 1 fully saturated rings. The third-order valence-electron chi connectivity index (χ3n) is 6.09. The smallest absolute Gasteiger partial charge is 0.387 e. The van der Waals surface area contributed by atoms with Crippen molar-refractivity contribution in [1.29, 1.82) is 0 Å². The van der Waals surface area contributed by atoms with Crippen LogP contribution >= 0.6 is 0 Å². The van der Waals surface area contributed by atoms with Crippen LogP contribution in [0, 0.1) is 13.8 Å². The molecule has 9 heteroatoms. The monoisotopic (exact) mass is 455 g/mol. The maximum absolute atomic E-state index is 13.4. The highest BCUT2D eigenvalue weighted by Crippen LogP contribution is 2.25. The van der Waals surface area contributed by atoms with E-state index in [2.05, 4.69) is 24.5 Å². The number of alkyl halides is 2. The standard InChI is InChI=1S/C24H27F2N5O2/c1-16-15-21(17(2)31(16)19-5-7-20(8-6-19)33-23(25)26)22(32)18(3)29-11-13-30(14-12-29)24-27-9-4-10-28-24/h4-10,15,18,23H,11-14H2,1-3H3/t18-/m1/s1. The second-order valence-corrected chi connectivity index (χ2v) is 8.10. The van der Waals surface area contributed by atoms with Crippen LogP contribution in [0.4, 0.5) is 14.7 Å². The molecule has 0 spiro atoms. The SMILES string of the molecule is Cc1cc(C(=O)[C@@H](C)N2CCN(c3ncccn3)CC2)c(C)n1-c1ccc(OC(F)F)cc1. The van der Waals surface area contributed by atoms with Crippen LogP contribution in [-0.4, -0.2) is 64.1 Å². The van der Waals surface area contributed by atoms with Gasteiger partial charge in [-0.1, -0.05) is 0 Å². The molecule has 2 aromatic heterocycles. The fourth-order valence-corrected chi connectivity index (χ4v) is 4.34. The summed E-state index contributed by atoms with van der Waals surface area (Å²) in [6, 6.07) is 9.84. The summed E-state index contributed by atoms with van der Waals surface area (Å²) in [6.07, 6.45) is 3.46. The number of aryl methyl sites for hydroxylation is 1. The Kier molecular flexibility index (Phi) is 6.69. The van der Waals surface area contributed by atoms with Crippen LogP contribution in [0.3, 0.4) is 0 Å². The lowest BCUT2D eigenvalue weighted by atomic mass is 10.0. The summed E-state index contributed by atoms with van der Waals surface area (Å²) in [5, 5.41) is 0. The highest BCUT2D eigenvalue weighted by atomic mass is 19.3. The van der Waals surface area contributed by atoms with Crippen LogP contribution in [-0.2, 0) is 0 Å². The van der Waals surface area contributed by atoms with Gasteiger partial charge in [-0.05, 0) is 57.2 Å². The number of carbonyl (C=O) groups excluding carboxylic acids is 1. The first-order chi connectivity index (χ1) is 15.8. The number of Topliss-reactive ketones (excluding diaryl/α,β-unsaturated/α-hetero) is 1.